The summed E-state index contributed by atoms with van der Waals surface area (Å²) in [5, 5.41) is 12.7. The second-order valence-electron chi connectivity index (χ2n) is 7.79. The smallest absolute Gasteiger partial charge is 0.221 e. The zero-order chi connectivity index (χ0) is 19.9. The van der Waals surface area contributed by atoms with Crippen LogP contribution in [0.5, 0.6) is 0 Å². The Morgan fingerprint density at radius 2 is 2.00 bits per heavy atom. The van der Waals surface area contributed by atoms with Gasteiger partial charge in [-0.1, -0.05) is 30.0 Å². The first-order chi connectivity index (χ1) is 13.3. The molecule has 3 aromatic rings. The minimum Gasteiger partial charge on any atom is -0.378 e. The van der Waals surface area contributed by atoms with Crippen LogP contribution in [0.2, 0.25) is 0 Å². The topological polar surface area (TPSA) is 66.6 Å². The van der Waals surface area contributed by atoms with E-state index in [9.17, 15) is 9.90 Å². The molecule has 1 aromatic carbocycles. The first kappa shape index (κ1) is 18.3. The third-order valence-corrected chi connectivity index (χ3v) is 4.96. The normalized spacial score (nSPS) is 16.7. The van der Waals surface area contributed by atoms with Gasteiger partial charge in [0.05, 0.1) is 17.9 Å². The number of imidazole rings is 1. The predicted molar refractivity (Wildman–Crippen MR) is 108 cm³/mol. The summed E-state index contributed by atoms with van der Waals surface area (Å²) in [5.74, 6) is 5.76. The molecule has 28 heavy (non-hydrogen) atoms. The highest BCUT2D eigenvalue weighted by atomic mass is 16.3. The number of aromatic nitrogens is 2. The predicted octanol–water partition coefficient (Wildman–Crippen LogP) is 2.92. The van der Waals surface area contributed by atoms with Crippen LogP contribution in [0.4, 0.5) is 0 Å². The molecule has 0 radical (unpaired) electrons. The lowest BCUT2D eigenvalue weighted by atomic mass is 9.91. The summed E-state index contributed by atoms with van der Waals surface area (Å²) in [6.07, 6.45) is 2.39. The summed E-state index contributed by atoms with van der Waals surface area (Å²) in [4.78, 5) is 17.1. The van der Waals surface area contributed by atoms with Crippen LogP contribution < -0.4 is 5.32 Å². The quantitative estimate of drug-likeness (QED) is 0.645. The Morgan fingerprint density at radius 1 is 1.25 bits per heavy atom. The lowest BCUT2D eigenvalue weighted by Gasteiger charge is -2.16. The van der Waals surface area contributed by atoms with Crippen molar-refractivity contribution in [3.05, 3.63) is 70.7 Å². The molecule has 1 atom stereocenters. The van der Waals surface area contributed by atoms with E-state index >= 15 is 0 Å². The molecule has 1 amide bonds. The van der Waals surface area contributed by atoms with Crippen LogP contribution in [0, 0.1) is 18.8 Å². The van der Waals surface area contributed by atoms with Gasteiger partial charge in [0.1, 0.15) is 11.2 Å². The Morgan fingerprint density at radius 3 is 2.71 bits per heavy atom. The number of benzene rings is 1. The number of pyridine rings is 1. The standard InChI is InChI=1S/C23H23N3O2/c1-15-5-4-12-26-21-18(13-20(27)24-14-19(21)25-22(15)26)17-8-6-16(7-9-17)10-11-23(2,3)28/h4-9,12,18,28H,13-14H2,1-3H3,(H,24,27). The summed E-state index contributed by atoms with van der Waals surface area (Å²) in [5.41, 5.74) is 4.87. The minimum absolute atomic E-state index is 0.0234. The summed E-state index contributed by atoms with van der Waals surface area (Å²) >= 11 is 0. The molecule has 0 saturated heterocycles. The second kappa shape index (κ2) is 6.81. The summed E-state index contributed by atoms with van der Waals surface area (Å²) in [6.45, 7) is 5.81. The van der Waals surface area contributed by atoms with Gasteiger partial charge in [-0.25, -0.2) is 4.98 Å². The molecule has 0 fully saturated rings. The fraction of sp³-hybridized carbons (Fsp3) is 0.304. The zero-order valence-corrected chi connectivity index (χ0v) is 16.3. The Hall–Kier alpha value is -3.10. The molecule has 1 unspecified atom stereocenters. The van der Waals surface area contributed by atoms with Crippen LogP contribution in [0.15, 0.2) is 42.6 Å². The minimum atomic E-state index is -1.03. The van der Waals surface area contributed by atoms with E-state index in [0.29, 0.717) is 13.0 Å². The molecule has 142 valence electrons. The zero-order valence-electron chi connectivity index (χ0n) is 16.3. The highest BCUT2D eigenvalue weighted by Crippen LogP contribution is 2.33. The van der Waals surface area contributed by atoms with E-state index in [4.69, 9.17) is 4.98 Å². The molecular formula is C23H23N3O2. The average molecular weight is 373 g/mol. The number of hydrogen-bond acceptors (Lipinski definition) is 3. The molecule has 5 heteroatoms. The van der Waals surface area contributed by atoms with Crippen molar-refractivity contribution >= 4 is 11.6 Å². The van der Waals surface area contributed by atoms with Gasteiger partial charge in [0.2, 0.25) is 5.91 Å². The Kier molecular flexibility index (Phi) is 4.44. The molecule has 1 aliphatic rings. The molecule has 0 aliphatic carbocycles. The Labute approximate surface area is 164 Å². The van der Waals surface area contributed by atoms with Gasteiger partial charge in [0.25, 0.3) is 0 Å². The van der Waals surface area contributed by atoms with Gasteiger partial charge < -0.3 is 14.8 Å². The summed E-state index contributed by atoms with van der Waals surface area (Å²) in [6, 6.07) is 11.9. The van der Waals surface area contributed by atoms with Gasteiger partial charge in [-0.3, -0.25) is 4.79 Å². The number of hydrogen-bond donors (Lipinski definition) is 2. The fourth-order valence-corrected chi connectivity index (χ4v) is 3.60. The molecular weight excluding hydrogens is 350 g/mol. The van der Waals surface area contributed by atoms with Gasteiger partial charge >= 0.3 is 0 Å². The fourth-order valence-electron chi connectivity index (χ4n) is 3.60. The number of amides is 1. The van der Waals surface area contributed by atoms with Crippen molar-refractivity contribution in [1.82, 2.24) is 14.7 Å². The van der Waals surface area contributed by atoms with Crippen molar-refractivity contribution in [2.75, 3.05) is 0 Å². The maximum absolute atomic E-state index is 12.3. The van der Waals surface area contributed by atoms with Crippen molar-refractivity contribution < 1.29 is 9.90 Å². The van der Waals surface area contributed by atoms with Gasteiger partial charge in [-0.2, -0.15) is 0 Å². The van der Waals surface area contributed by atoms with Crippen LogP contribution in [-0.4, -0.2) is 26.0 Å². The third-order valence-electron chi connectivity index (χ3n) is 4.96. The number of rotatable bonds is 1. The van der Waals surface area contributed by atoms with Crippen LogP contribution in [0.25, 0.3) is 5.65 Å². The van der Waals surface area contributed by atoms with Crippen molar-refractivity contribution in [3.63, 3.8) is 0 Å². The monoisotopic (exact) mass is 373 g/mol. The van der Waals surface area contributed by atoms with Crippen molar-refractivity contribution in [1.29, 1.82) is 0 Å². The number of nitrogens with zero attached hydrogens (tertiary/aromatic N) is 2. The maximum Gasteiger partial charge on any atom is 0.221 e. The van der Waals surface area contributed by atoms with E-state index in [1.54, 1.807) is 13.8 Å². The Bertz CT molecular complexity index is 1110. The number of fused-ring (bicyclic) bond motifs is 3. The number of carbonyl (C=O) groups excluding carboxylic acids is 1. The van der Waals surface area contributed by atoms with Gasteiger partial charge in [0, 0.05) is 24.1 Å². The highest BCUT2D eigenvalue weighted by Gasteiger charge is 2.29. The van der Waals surface area contributed by atoms with E-state index in [1.807, 2.05) is 49.5 Å². The summed E-state index contributed by atoms with van der Waals surface area (Å²) in [7, 11) is 0. The van der Waals surface area contributed by atoms with Gasteiger partial charge in [0.15, 0.2) is 0 Å². The first-order valence-corrected chi connectivity index (χ1v) is 9.40. The van der Waals surface area contributed by atoms with Crippen LogP contribution in [0.3, 0.4) is 0 Å². The van der Waals surface area contributed by atoms with E-state index < -0.39 is 5.60 Å². The molecule has 2 aromatic heterocycles. The molecule has 0 spiro atoms. The van der Waals surface area contributed by atoms with E-state index in [1.165, 1.54) is 0 Å². The van der Waals surface area contributed by atoms with E-state index in [-0.39, 0.29) is 11.8 Å². The van der Waals surface area contributed by atoms with Crippen LogP contribution in [0.1, 0.15) is 54.3 Å². The van der Waals surface area contributed by atoms with Gasteiger partial charge in [-0.15, -0.1) is 0 Å². The van der Waals surface area contributed by atoms with Gasteiger partial charge in [-0.05, 0) is 50.1 Å². The summed E-state index contributed by atoms with van der Waals surface area (Å²) < 4.78 is 2.11. The molecule has 3 heterocycles. The van der Waals surface area contributed by atoms with Crippen molar-refractivity contribution in [3.8, 4) is 11.8 Å². The molecule has 0 bridgehead atoms. The van der Waals surface area contributed by atoms with E-state index in [2.05, 4.69) is 21.6 Å². The molecule has 5 nitrogen and oxygen atoms in total. The largest absolute Gasteiger partial charge is 0.378 e. The SMILES string of the molecule is Cc1cccn2c3c(nc12)CNC(=O)CC3c1ccc(C#CC(C)(C)O)cc1. The highest BCUT2D eigenvalue weighted by molar-refractivity contribution is 5.78. The lowest BCUT2D eigenvalue weighted by molar-refractivity contribution is -0.121. The van der Waals surface area contributed by atoms with E-state index in [0.717, 1.165) is 33.7 Å². The third kappa shape index (κ3) is 3.51. The molecule has 4 rings (SSSR count). The number of carbonyl (C=O) groups is 1. The van der Waals surface area contributed by atoms with Crippen LogP contribution >= 0.6 is 0 Å². The Balaban J connectivity index is 1.79. The number of nitrogens with one attached hydrogen (secondary N) is 1. The lowest BCUT2D eigenvalue weighted by Crippen LogP contribution is -2.21. The average Bonchev–Trinajstić information content (AvgIpc) is 2.94. The number of aryl methyl sites for hydroxylation is 1. The van der Waals surface area contributed by atoms with Crippen molar-refractivity contribution in [2.45, 2.75) is 45.3 Å². The molecule has 0 saturated carbocycles. The van der Waals surface area contributed by atoms with Crippen LogP contribution in [-0.2, 0) is 11.3 Å². The first-order valence-electron chi connectivity index (χ1n) is 9.40. The molecule has 1 aliphatic heterocycles. The maximum atomic E-state index is 12.3. The second-order valence-corrected chi connectivity index (χ2v) is 7.79. The van der Waals surface area contributed by atoms with Crippen molar-refractivity contribution in [2.24, 2.45) is 0 Å². The number of aliphatic hydroxyl groups is 1. The molecule has 2 N–H and O–H groups in total.